The van der Waals surface area contributed by atoms with Gasteiger partial charge in [0.2, 0.25) is 5.96 Å². The molecule has 0 amide bonds. The lowest BCUT2D eigenvalue weighted by molar-refractivity contribution is 0.628. The first kappa shape index (κ1) is 15.7. The van der Waals surface area contributed by atoms with Crippen LogP contribution in [0.1, 0.15) is 11.1 Å². The highest BCUT2D eigenvalue weighted by molar-refractivity contribution is 6.12. The highest BCUT2D eigenvalue weighted by atomic mass is 35.5. The van der Waals surface area contributed by atoms with Crippen LogP contribution in [-0.4, -0.2) is 11.7 Å². The third-order valence-corrected chi connectivity index (χ3v) is 2.43. The molecule has 0 unspecified atom stereocenters. The summed E-state index contributed by atoms with van der Waals surface area (Å²) >= 11 is 0. The van der Waals surface area contributed by atoms with E-state index in [2.05, 4.69) is 10.2 Å². The van der Waals surface area contributed by atoms with Crippen LogP contribution in [0.15, 0.2) is 64.8 Å². The summed E-state index contributed by atoms with van der Waals surface area (Å²) in [5.74, 6) is -0.437. The van der Waals surface area contributed by atoms with Gasteiger partial charge in [-0.15, -0.1) is 22.6 Å². The van der Waals surface area contributed by atoms with E-state index in [1.54, 1.807) is 12.1 Å². The molecule has 4 N–H and O–H groups in total. The van der Waals surface area contributed by atoms with Gasteiger partial charge in [0.15, 0.2) is 0 Å². The van der Waals surface area contributed by atoms with Crippen molar-refractivity contribution in [3.8, 4) is 0 Å². The first-order chi connectivity index (χ1) is 9.16. The van der Waals surface area contributed by atoms with Crippen molar-refractivity contribution < 1.29 is 4.39 Å². The van der Waals surface area contributed by atoms with Crippen LogP contribution in [0.5, 0.6) is 0 Å². The van der Waals surface area contributed by atoms with Gasteiger partial charge in [0, 0.05) is 11.1 Å². The van der Waals surface area contributed by atoms with Crippen molar-refractivity contribution in [1.29, 1.82) is 0 Å². The van der Waals surface area contributed by atoms with Crippen molar-refractivity contribution in [3.05, 3.63) is 71.5 Å². The molecular formula is C14H14ClFN4. The Labute approximate surface area is 122 Å². The summed E-state index contributed by atoms with van der Waals surface area (Å²) in [6, 6.07) is 15.4. The van der Waals surface area contributed by atoms with Gasteiger partial charge in [-0.25, -0.2) is 4.39 Å². The Morgan fingerprint density at radius 3 is 1.90 bits per heavy atom. The zero-order valence-corrected chi connectivity index (χ0v) is 11.3. The molecule has 0 radical (unpaired) electrons. The van der Waals surface area contributed by atoms with Crippen molar-refractivity contribution >= 4 is 24.1 Å². The molecule has 0 aromatic heterocycles. The predicted molar refractivity (Wildman–Crippen MR) is 81.5 cm³/mol. The number of halogens is 2. The zero-order chi connectivity index (χ0) is 13.7. The van der Waals surface area contributed by atoms with Gasteiger partial charge in [-0.3, -0.25) is 0 Å². The fourth-order valence-corrected chi connectivity index (χ4v) is 1.59. The van der Waals surface area contributed by atoms with Crippen LogP contribution in [0, 0.1) is 5.82 Å². The number of hydrogen-bond acceptors (Lipinski definition) is 2. The minimum atomic E-state index is -0.307. The van der Waals surface area contributed by atoms with E-state index in [9.17, 15) is 4.39 Å². The Morgan fingerprint density at radius 2 is 1.35 bits per heavy atom. The normalized spacial score (nSPS) is 10.6. The van der Waals surface area contributed by atoms with E-state index >= 15 is 0 Å². The van der Waals surface area contributed by atoms with Crippen molar-refractivity contribution in [2.24, 2.45) is 21.7 Å². The average Bonchev–Trinajstić information content (AvgIpc) is 2.42. The summed E-state index contributed by atoms with van der Waals surface area (Å²) in [6.07, 6.45) is 0. The van der Waals surface area contributed by atoms with Crippen LogP contribution in [0.3, 0.4) is 0 Å². The summed E-state index contributed by atoms with van der Waals surface area (Å²) < 4.78 is 13.0. The minimum absolute atomic E-state index is 0. The van der Waals surface area contributed by atoms with Gasteiger partial charge < -0.3 is 11.5 Å². The Morgan fingerprint density at radius 1 is 0.800 bits per heavy atom. The Balaban J connectivity index is 0.00000200. The highest BCUT2D eigenvalue weighted by Crippen LogP contribution is 2.12. The van der Waals surface area contributed by atoms with Crippen LogP contribution in [-0.2, 0) is 0 Å². The molecule has 0 bridgehead atoms. The first-order valence-electron chi connectivity index (χ1n) is 5.65. The van der Waals surface area contributed by atoms with Crippen LogP contribution >= 0.6 is 12.4 Å². The van der Waals surface area contributed by atoms with Gasteiger partial charge in [0.05, 0.1) is 0 Å². The molecule has 0 fully saturated rings. The maximum Gasteiger partial charge on any atom is 0.211 e. The molecular weight excluding hydrogens is 279 g/mol. The number of nitrogens with two attached hydrogens (primary N) is 2. The Hall–Kier alpha value is -2.40. The van der Waals surface area contributed by atoms with Crippen LogP contribution in [0.4, 0.5) is 4.39 Å². The number of rotatable bonds is 3. The quantitative estimate of drug-likeness (QED) is 0.517. The van der Waals surface area contributed by atoms with Gasteiger partial charge in [-0.1, -0.05) is 30.3 Å². The second kappa shape index (κ2) is 7.25. The Kier molecular flexibility index (Phi) is 5.68. The molecule has 0 saturated carbocycles. The zero-order valence-electron chi connectivity index (χ0n) is 10.5. The first-order valence-corrected chi connectivity index (χ1v) is 5.65. The molecule has 6 heteroatoms. The fourth-order valence-electron chi connectivity index (χ4n) is 1.59. The molecule has 2 aromatic carbocycles. The number of nitrogens with zero attached hydrogens (tertiary/aromatic N) is 2. The lowest BCUT2D eigenvalue weighted by Crippen LogP contribution is -2.22. The number of benzene rings is 2. The van der Waals surface area contributed by atoms with E-state index in [0.29, 0.717) is 5.71 Å². The molecule has 0 aliphatic rings. The van der Waals surface area contributed by atoms with E-state index in [0.717, 1.165) is 11.1 Å². The summed E-state index contributed by atoms with van der Waals surface area (Å²) in [4.78, 5) is 0. The molecule has 4 nitrogen and oxygen atoms in total. The van der Waals surface area contributed by atoms with Crippen molar-refractivity contribution in [1.82, 2.24) is 0 Å². The molecule has 20 heavy (non-hydrogen) atoms. The van der Waals surface area contributed by atoms with E-state index < -0.39 is 0 Å². The van der Waals surface area contributed by atoms with Crippen LogP contribution in [0.25, 0.3) is 0 Å². The van der Waals surface area contributed by atoms with Crippen molar-refractivity contribution in [2.75, 3.05) is 0 Å². The predicted octanol–water partition coefficient (Wildman–Crippen LogP) is 2.27. The van der Waals surface area contributed by atoms with Gasteiger partial charge >= 0.3 is 0 Å². The molecule has 2 rings (SSSR count). The Bertz CT molecular complexity index is 605. The smallest absolute Gasteiger partial charge is 0.211 e. The maximum absolute atomic E-state index is 13.0. The summed E-state index contributed by atoms with van der Waals surface area (Å²) in [5.41, 5.74) is 12.7. The third kappa shape index (κ3) is 4.07. The topological polar surface area (TPSA) is 76.8 Å². The molecule has 2 aromatic rings. The van der Waals surface area contributed by atoms with Crippen LogP contribution < -0.4 is 11.5 Å². The van der Waals surface area contributed by atoms with Crippen molar-refractivity contribution in [2.45, 2.75) is 0 Å². The van der Waals surface area contributed by atoms with Gasteiger partial charge in [-0.2, -0.15) is 0 Å². The van der Waals surface area contributed by atoms with Gasteiger partial charge in [-0.05, 0) is 24.3 Å². The summed E-state index contributed by atoms with van der Waals surface area (Å²) in [5, 5.41) is 7.69. The lowest BCUT2D eigenvalue weighted by atomic mass is 10.0. The molecule has 104 valence electrons. The van der Waals surface area contributed by atoms with Crippen LogP contribution in [0.2, 0.25) is 0 Å². The van der Waals surface area contributed by atoms with E-state index in [4.69, 9.17) is 11.5 Å². The molecule has 0 aliphatic heterocycles. The maximum atomic E-state index is 13.0. The largest absolute Gasteiger partial charge is 0.369 e. The average molecular weight is 293 g/mol. The van der Waals surface area contributed by atoms with E-state index in [1.165, 1.54) is 12.1 Å². The fraction of sp³-hybridized carbons (Fsp3) is 0. The third-order valence-electron chi connectivity index (χ3n) is 2.43. The number of hydrogen-bond donors (Lipinski definition) is 2. The van der Waals surface area contributed by atoms with E-state index in [-0.39, 0.29) is 24.2 Å². The molecule has 0 atom stereocenters. The standard InChI is InChI=1S/C14H13FN4.ClH/c15-12-8-6-11(7-9-12)13(18-19-14(16)17)10-4-2-1-3-5-10;/h1-9H,(H4,16,17,19);1H/b18-13-;. The SMILES string of the molecule is Cl.NC(N)=N/N=C(/c1ccccc1)c1ccc(F)cc1. The highest BCUT2D eigenvalue weighted by Gasteiger charge is 2.06. The summed E-state index contributed by atoms with van der Waals surface area (Å²) in [6.45, 7) is 0. The second-order valence-corrected chi connectivity index (χ2v) is 3.85. The molecule has 0 aliphatic carbocycles. The van der Waals surface area contributed by atoms with E-state index in [1.807, 2.05) is 30.3 Å². The molecule has 0 heterocycles. The van der Waals surface area contributed by atoms with Crippen molar-refractivity contribution in [3.63, 3.8) is 0 Å². The molecule has 0 spiro atoms. The van der Waals surface area contributed by atoms with Gasteiger partial charge in [0.25, 0.3) is 0 Å². The second-order valence-electron chi connectivity index (χ2n) is 3.85. The van der Waals surface area contributed by atoms with Gasteiger partial charge in [0.1, 0.15) is 11.5 Å². The summed E-state index contributed by atoms with van der Waals surface area (Å²) in [7, 11) is 0. The monoisotopic (exact) mass is 292 g/mol. The minimum Gasteiger partial charge on any atom is -0.369 e. The number of guanidine groups is 1. The lowest BCUT2D eigenvalue weighted by Gasteiger charge is -2.05. The molecule has 0 saturated heterocycles.